The quantitative estimate of drug-likeness (QED) is 0.123. The number of halogens is 1. The van der Waals surface area contributed by atoms with Gasteiger partial charge in [-0.2, -0.15) is 0 Å². The second kappa shape index (κ2) is 18.5. The van der Waals surface area contributed by atoms with Crippen LogP contribution in [0.2, 0.25) is 19.6 Å². The first-order valence-corrected chi connectivity index (χ1v) is 14.0. The smallest absolute Gasteiger partial charge is 0.183 e. The minimum Gasteiger partial charge on any atom is -0.415 e. The summed E-state index contributed by atoms with van der Waals surface area (Å²) >= 11 is 2.42. The monoisotopic (exact) mass is 476 g/mol. The molecule has 24 heavy (non-hydrogen) atoms. The second-order valence-corrected chi connectivity index (χ2v) is 12.1. The second-order valence-electron chi connectivity index (χ2n) is 6.51. The summed E-state index contributed by atoms with van der Waals surface area (Å²) in [4.78, 5) is 0. The maximum atomic E-state index is 5.69. The fraction of sp³-hybridized carbons (Fsp3) is 1.00. The van der Waals surface area contributed by atoms with E-state index in [2.05, 4.69) is 42.2 Å². The predicted octanol–water partition coefficient (Wildman–Crippen LogP) is 3.90. The Bertz CT molecular complexity index is 252. The van der Waals surface area contributed by atoms with Gasteiger partial charge in [-0.25, -0.2) is 0 Å². The van der Waals surface area contributed by atoms with E-state index in [4.69, 9.17) is 23.4 Å². The molecule has 0 atom stereocenters. The Kier molecular flexibility index (Phi) is 19.1. The molecule has 0 aliphatic rings. The van der Waals surface area contributed by atoms with Crippen molar-refractivity contribution in [3.8, 4) is 0 Å². The first-order valence-electron chi connectivity index (χ1n) is 9.07. The molecule has 0 heterocycles. The van der Waals surface area contributed by atoms with Gasteiger partial charge in [0.25, 0.3) is 0 Å². The Morgan fingerprint density at radius 2 is 0.958 bits per heavy atom. The van der Waals surface area contributed by atoms with Gasteiger partial charge >= 0.3 is 0 Å². The number of alkyl halides is 1. The molecule has 0 unspecified atom stereocenters. The molecule has 0 aromatic carbocycles. The Balaban J connectivity index is 3.00. The van der Waals surface area contributed by atoms with Gasteiger partial charge in [0.15, 0.2) is 8.32 Å². The zero-order chi connectivity index (χ0) is 17.9. The molecule has 5 nitrogen and oxygen atoms in total. The minimum absolute atomic E-state index is 0.601. The summed E-state index contributed by atoms with van der Waals surface area (Å²) in [6.07, 6.45) is 5.06. The van der Waals surface area contributed by atoms with Crippen molar-refractivity contribution in [1.82, 2.24) is 0 Å². The SMILES string of the molecule is C[Si](C)(C)OCCOCCOCCOCCOCCCCCCI. The summed E-state index contributed by atoms with van der Waals surface area (Å²) in [5, 5.41) is 0. The van der Waals surface area contributed by atoms with Crippen LogP contribution >= 0.6 is 22.6 Å². The molecule has 0 amide bonds. The fourth-order valence-corrected chi connectivity index (χ4v) is 3.06. The lowest BCUT2D eigenvalue weighted by molar-refractivity contribution is -0.00511. The molecule has 0 N–H and O–H groups in total. The third-order valence-electron chi connectivity index (χ3n) is 3.05. The van der Waals surface area contributed by atoms with Crippen molar-refractivity contribution >= 4 is 30.9 Å². The molecule has 0 aromatic rings. The Labute approximate surface area is 163 Å². The molecule has 146 valence electrons. The van der Waals surface area contributed by atoms with Gasteiger partial charge in [-0.3, -0.25) is 0 Å². The van der Waals surface area contributed by atoms with Gasteiger partial charge in [0.2, 0.25) is 0 Å². The predicted molar refractivity (Wildman–Crippen MR) is 110 cm³/mol. The van der Waals surface area contributed by atoms with Crippen LogP contribution in [0.5, 0.6) is 0 Å². The van der Waals surface area contributed by atoms with Crippen LogP contribution in [0, 0.1) is 0 Å². The molecule has 0 fully saturated rings. The van der Waals surface area contributed by atoms with E-state index in [0.717, 1.165) is 13.0 Å². The maximum absolute atomic E-state index is 5.69. The average Bonchev–Trinajstić information content (AvgIpc) is 2.52. The first-order chi connectivity index (χ1) is 11.6. The van der Waals surface area contributed by atoms with Gasteiger partial charge in [-0.05, 0) is 36.9 Å². The van der Waals surface area contributed by atoms with E-state index in [-0.39, 0.29) is 0 Å². The first kappa shape index (κ1) is 24.7. The summed E-state index contributed by atoms with van der Waals surface area (Å²) in [7, 11) is -1.41. The Morgan fingerprint density at radius 3 is 1.42 bits per heavy atom. The Hall–Kier alpha value is 0.747. The van der Waals surface area contributed by atoms with Crippen LogP contribution in [-0.2, 0) is 23.4 Å². The zero-order valence-electron chi connectivity index (χ0n) is 15.8. The van der Waals surface area contributed by atoms with Crippen LogP contribution in [0.1, 0.15) is 25.7 Å². The number of unbranched alkanes of at least 4 members (excludes halogenated alkanes) is 3. The van der Waals surface area contributed by atoms with E-state index in [0.29, 0.717) is 52.9 Å². The highest BCUT2D eigenvalue weighted by atomic mass is 127. The molecule has 0 spiro atoms. The van der Waals surface area contributed by atoms with Crippen molar-refractivity contribution in [3.05, 3.63) is 0 Å². The van der Waals surface area contributed by atoms with E-state index < -0.39 is 8.32 Å². The van der Waals surface area contributed by atoms with Crippen molar-refractivity contribution in [1.29, 1.82) is 0 Å². The number of hydrogen-bond donors (Lipinski definition) is 0. The molecule has 0 rings (SSSR count). The van der Waals surface area contributed by atoms with Crippen LogP contribution in [0.3, 0.4) is 0 Å². The molecular weight excluding hydrogens is 439 g/mol. The van der Waals surface area contributed by atoms with Gasteiger partial charge in [-0.15, -0.1) is 0 Å². The molecule has 0 saturated carbocycles. The normalized spacial score (nSPS) is 12.0. The standard InChI is InChI=1S/C17H37IO5Si/c1-24(2,3)23-17-16-22-15-14-21-13-12-20-11-10-19-9-7-5-4-6-8-18/h4-17H2,1-3H3. The van der Waals surface area contributed by atoms with E-state index in [1.165, 1.54) is 23.7 Å². The fourth-order valence-electron chi connectivity index (χ4n) is 1.82. The molecule has 0 aliphatic carbocycles. The van der Waals surface area contributed by atoms with Crippen LogP contribution < -0.4 is 0 Å². The summed E-state index contributed by atoms with van der Waals surface area (Å²) in [5.41, 5.74) is 0. The van der Waals surface area contributed by atoms with Crippen molar-refractivity contribution in [2.45, 2.75) is 45.3 Å². The number of hydrogen-bond acceptors (Lipinski definition) is 5. The largest absolute Gasteiger partial charge is 0.415 e. The van der Waals surface area contributed by atoms with Gasteiger partial charge < -0.3 is 23.4 Å². The minimum atomic E-state index is -1.41. The third kappa shape index (κ3) is 22.7. The van der Waals surface area contributed by atoms with Crippen LogP contribution in [0.15, 0.2) is 0 Å². The Morgan fingerprint density at radius 1 is 0.542 bits per heavy atom. The molecule has 0 aliphatic heterocycles. The lowest BCUT2D eigenvalue weighted by Crippen LogP contribution is -2.27. The highest BCUT2D eigenvalue weighted by Crippen LogP contribution is 2.02. The number of rotatable bonds is 19. The average molecular weight is 476 g/mol. The molecule has 0 radical (unpaired) electrons. The van der Waals surface area contributed by atoms with Crippen LogP contribution in [0.4, 0.5) is 0 Å². The highest BCUT2D eigenvalue weighted by Gasteiger charge is 2.12. The van der Waals surface area contributed by atoms with E-state index in [1.807, 2.05) is 0 Å². The van der Waals surface area contributed by atoms with E-state index in [9.17, 15) is 0 Å². The summed E-state index contributed by atoms with van der Waals surface area (Å²) in [6.45, 7) is 12.4. The van der Waals surface area contributed by atoms with Gasteiger partial charge in [0, 0.05) is 6.61 Å². The van der Waals surface area contributed by atoms with Crippen molar-refractivity contribution in [2.75, 3.05) is 63.9 Å². The van der Waals surface area contributed by atoms with Crippen molar-refractivity contribution < 1.29 is 23.4 Å². The summed E-state index contributed by atoms with van der Waals surface area (Å²) in [6, 6.07) is 0. The summed E-state index contributed by atoms with van der Waals surface area (Å²) in [5.74, 6) is 0. The van der Waals surface area contributed by atoms with Crippen LogP contribution in [-0.4, -0.2) is 72.2 Å². The third-order valence-corrected chi connectivity index (χ3v) is 4.88. The molecule has 7 heteroatoms. The molecule has 0 aromatic heterocycles. The molecule has 0 bridgehead atoms. The lowest BCUT2D eigenvalue weighted by atomic mass is 10.2. The zero-order valence-corrected chi connectivity index (χ0v) is 19.0. The van der Waals surface area contributed by atoms with Crippen LogP contribution in [0.25, 0.3) is 0 Å². The lowest BCUT2D eigenvalue weighted by Gasteiger charge is -2.16. The highest BCUT2D eigenvalue weighted by molar-refractivity contribution is 14.1. The van der Waals surface area contributed by atoms with Gasteiger partial charge in [0.1, 0.15) is 0 Å². The van der Waals surface area contributed by atoms with Gasteiger partial charge in [0.05, 0.1) is 52.9 Å². The summed E-state index contributed by atoms with van der Waals surface area (Å²) < 4.78 is 28.8. The maximum Gasteiger partial charge on any atom is 0.183 e. The molecule has 0 saturated heterocycles. The topological polar surface area (TPSA) is 46.2 Å². The van der Waals surface area contributed by atoms with Gasteiger partial charge in [-0.1, -0.05) is 35.4 Å². The number of ether oxygens (including phenoxy) is 4. The van der Waals surface area contributed by atoms with E-state index >= 15 is 0 Å². The molecular formula is C17H37IO5Si. The van der Waals surface area contributed by atoms with E-state index in [1.54, 1.807) is 0 Å². The van der Waals surface area contributed by atoms with Crippen molar-refractivity contribution in [2.24, 2.45) is 0 Å². The van der Waals surface area contributed by atoms with Crippen molar-refractivity contribution in [3.63, 3.8) is 0 Å².